The molecule has 5 heteroatoms. The van der Waals surface area contributed by atoms with Crippen LogP contribution in [0.2, 0.25) is 0 Å². The molecule has 0 bridgehead atoms. The summed E-state index contributed by atoms with van der Waals surface area (Å²) in [5.74, 6) is 2.58. The highest BCUT2D eigenvalue weighted by Crippen LogP contribution is 2.21. The van der Waals surface area contributed by atoms with Crippen LogP contribution in [0.4, 0.5) is 5.82 Å². The number of rotatable bonds is 3. The maximum atomic E-state index is 11.6. The minimum Gasteiger partial charge on any atom is -0.465 e. The summed E-state index contributed by atoms with van der Waals surface area (Å²) in [6.07, 6.45) is 4.03. The maximum absolute atomic E-state index is 11.6. The Morgan fingerprint density at radius 3 is 3.24 bits per heavy atom. The van der Waals surface area contributed by atoms with Crippen molar-refractivity contribution in [3.05, 3.63) is 23.9 Å². The van der Waals surface area contributed by atoms with Gasteiger partial charge in [-0.25, -0.2) is 9.78 Å². The monoisotopic (exact) mass is 252 g/mol. The first kappa shape index (κ1) is 12.2. The van der Waals surface area contributed by atoms with Crippen molar-refractivity contribution in [3.8, 4) is 0 Å². The Morgan fingerprint density at radius 1 is 1.65 bits per heavy atom. The molecule has 0 radical (unpaired) electrons. The number of hydrogen-bond donors (Lipinski definition) is 1. The fourth-order valence-corrected chi connectivity index (χ4v) is 2.91. The lowest BCUT2D eigenvalue weighted by molar-refractivity contribution is 0.0601. The molecular weight excluding hydrogens is 236 g/mol. The zero-order valence-corrected chi connectivity index (χ0v) is 10.6. The SMILES string of the molecule is COC(=O)c1cccnc1NC1CCCSC1. The Morgan fingerprint density at radius 2 is 2.53 bits per heavy atom. The fourth-order valence-electron chi connectivity index (χ4n) is 1.84. The lowest BCUT2D eigenvalue weighted by atomic mass is 10.1. The Hall–Kier alpha value is -1.23. The van der Waals surface area contributed by atoms with Crippen LogP contribution in [0.3, 0.4) is 0 Å². The van der Waals surface area contributed by atoms with Crippen LogP contribution in [0.15, 0.2) is 18.3 Å². The van der Waals surface area contributed by atoms with E-state index in [1.54, 1.807) is 18.3 Å². The predicted octanol–water partition coefficient (Wildman–Crippen LogP) is 2.18. The third-order valence-corrected chi connectivity index (χ3v) is 3.93. The van der Waals surface area contributed by atoms with Gasteiger partial charge in [0, 0.05) is 18.0 Å². The molecule has 1 atom stereocenters. The largest absolute Gasteiger partial charge is 0.465 e. The molecular formula is C12H16N2O2S. The summed E-state index contributed by atoms with van der Waals surface area (Å²) in [6, 6.07) is 3.87. The number of pyridine rings is 1. The van der Waals surface area contributed by atoms with Crippen LogP contribution < -0.4 is 5.32 Å². The van der Waals surface area contributed by atoms with Crippen LogP contribution in [0, 0.1) is 0 Å². The van der Waals surface area contributed by atoms with E-state index in [0.717, 1.165) is 12.2 Å². The molecule has 1 aliphatic heterocycles. The molecule has 1 unspecified atom stereocenters. The van der Waals surface area contributed by atoms with Crippen molar-refractivity contribution in [1.82, 2.24) is 4.98 Å². The van der Waals surface area contributed by atoms with Crippen LogP contribution >= 0.6 is 11.8 Å². The highest BCUT2D eigenvalue weighted by Gasteiger charge is 2.18. The highest BCUT2D eigenvalue weighted by molar-refractivity contribution is 7.99. The summed E-state index contributed by atoms with van der Waals surface area (Å²) in [6.45, 7) is 0. The molecule has 1 saturated heterocycles. The first-order valence-electron chi connectivity index (χ1n) is 5.69. The number of anilines is 1. The van der Waals surface area contributed by atoms with Gasteiger partial charge in [0.25, 0.3) is 0 Å². The molecule has 0 aliphatic carbocycles. The molecule has 0 spiro atoms. The Bertz CT molecular complexity index is 392. The molecule has 4 nitrogen and oxygen atoms in total. The van der Waals surface area contributed by atoms with Crippen LogP contribution in [-0.2, 0) is 4.74 Å². The lowest BCUT2D eigenvalue weighted by Gasteiger charge is -2.23. The Labute approximate surface area is 105 Å². The molecule has 2 rings (SSSR count). The van der Waals surface area contributed by atoms with Gasteiger partial charge < -0.3 is 10.1 Å². The van der Waals surface area contributed by atoms with Gasteiger partial charge in [-0.3, -0.25) is 0 Å². The zero-order valence-electron chi connectivity index (χ0n) is 9.81. The first-order chi connectivity index (χ1) is 8.31. The molecule has 1 fully saturated rings. The molecule has 0 saturated carbocycles. The number of methoxy groups -OCH3 is 1. The number of carbonyl (C=O) groups is 1. The number of nitrogens with one attached hydrogen (secondary N) is 1. The smallest absolute Gasteiger partial charge is 0.341 e. The van der Waals surface area contributed by atoms with Gasteiger partial charge in [0.15, 0.2) is 0 Å². The minimum atomic E-state index is -0.343. The number of hydrogen-bond acceptors (Lipinski definition) is 5. The average Bonchev–Trinajstić information content (AvgIpc) is 2.40. The Balaban J connectivity index is 2.11. The molecule has 0 amide bonds. The van der Waals surface area contributed by atoms with E-state index in [9.17, 15) is 4.79 Å². The first-order valence-corrected chi connectivity index (χ1v) is 6.84. The normalized spacial score (nSPS) is 19.7. The molecule has 1 N–H and O–H groups in total. The summed E-state index contributed by atoms with van der Waals surface area (Å²) < 4.78 is 4.74. The van der Waals surface area contributed by atoms with Gasteiger partial charge in [-0.2, -0.15) is 11.8 Å². The highest BCUT2D eigenvalue weighted by atomic mass is 32.2. The van der Waals surface area contributed by atoms with E-state index in [0.29, 0.717) is 17.4 Å². The summed E-state index contributed by atoms with van der Waals surface area (Å²) in [5, 5.41) is 3.33. The van der Waals surface area contributed by atoms with Gasteiger partial charge in [-0.05, 0) is 30.7 Å². The van der Waals surface area contributed by atoms with Crippen LogP contribution in [0.25, 0.3) is 0 Å². The number of carbonyl (C=O) groups excluding carboxylic acids is 1. The lowest BCUT2D eigenvalue weighted by Crippen LogP contribution is -2.27. The molecule has 2 heterocycles. The molecule has 1 aromatic rings. The van der Waals surface area contributed by atoms with Gasteiger partial charge >= 0.3 is 5.97 Å². The standard InChI is InChI=1S/C12H16N2O2S/c1-16-12(15)10-5-2-6-13-11(10)14-9-4-3-7-17-8-9/h2,5-6,9H,3-4,7-8H2,1H3,(H,13,14). The second-order valence-corrected chi connectivity index (χ2v) is 5.10. The van der Waals surface area contributed by atoms with Crippen LogP contribution in [0.5, 0.6) is 0 Å². The minimum absolute atomic E-state index is 0.343. The quantitative estimate of drug-likeness (QED) is 0.836. The van der Waals surface area contributed by atoms with E-state index in [2.05, 4.69) is 10.3 Å². The van der Waals surface area contributed by atoms with Crippen molar-refractivity contribution in [2.45, 2.75) is 18.9 Å². The van der Waals surface area contributed by atoms with Crippen molar-refractivity contribution >= 4 is 23.5 Å². The fraction of sp³-hybridized carbons (Fsp3) is 0.500. The molecule has 1 aliphatic rings. The number of nitrogens with zero attached hydrogens (tertiary/aromatic N) is 1. The number of thioether (sulfide) groups is 1. The van der Waals surface area contributed by atoms with Crippen molar-refractivity contribution in [1.29, 1.82) is 0 Å². The van der Waals surface area contributed by atoms with Crippen molar-refractivity contribution in [3.63, 3.8) is 0 Å². The third kappa shape index (κ3) is 3.12. The van der Waals surface area contributed by atoms with E-state index >= 15 is 0 Å². The summed E-state index contributed by atoms with van der Waals surface area (Å²) >= 11 is 1.94. The molecule has 17 heavy (non-hydrogen) atoms. The predicted molar refractivity (Wildman–Crippen MR) is 69.5 cm³/mol. The second kappa shape index (κ2) is 5.91. The maximum Gasteiger partial charge on any atom is 0.341 e. The number of ether oxygens (including phenoxy) is 1. The van der Waals surface area contributed by atoms with Gasteiger partial charge in [0.1, 0.15) is 11.4 Å². The van der Waals surface area contributed by atoms with Gasteiger partial charge in [0.2, 0.25) is 0 Å². The van der Waals surface area contributed by atoms with E-state index in [4.69, 9.17) is 4.74 Å². The summed E-state index contributed by atoms with van der Waals surface area (Å²) in [4.78, 5) is 15.8. The molecule has 1 aromatic heterocycles. The van der Waals surface area contributed by atoms with Crippen LogP contribution in [-0.4, -0.2) is 35.6 Å². The topological polar surface area (TPSA) is 51.2 Å². The molecule has 92 valence electrons. The average molecular weight is 252 g/mol. The van der Waals surface area contributed by atoms with Gasteiger partial charge in [-0.1, -0.05) is 0 Å². The second-order valence-electron chi connectivity index (χ2n) is 3.95. The van der Waals surface area contributed by atoms with Crippen molar-refractivity contribution < 1.29 is 9.53 Å². The van der Waals surface area contributed by atoms with E-state index in [1.165, 1.54) is 19.3 Å². The van der Waals surface area contributed by atoms with Gasteiger partial charge in [-0.15, -0.1) is 0 Å². The van der Waals surface area contributed by atoms with Crippen molar-refractivity contribution in [2.75, 3.05) is 23.9 Å². The molecule has 0 aromatic carbocycles. The Kier molecular flexibility index (Phi) is 4.25. The number of esters is 1. The van der Waals surface area contributed by atoms with E-state index < -0.39 is 0 Å². The summed E-state index contributed by atoms with van der Waals surface area (Å²) in [7, 11) is 1.38. The zero-order chi connectivity index (χ0) is 12.1. The summed E-state index contributed by atoms with van der Waals surface area (Å²) in [5.41, 5.74) is 0.505. The van der Waals surface area contributed by atoms with E-state index in [1.807, 2.05) is 11.8 Å². The number of aromatic nitrogens is 1. The van der Waals surface area contributed by atoms with E-state index in [-0.39, 0.29) is 5.97 Å². The van der Waals surface area contributed by atoms with Crippen LogP contribution in [0.1, 0.15) is 23.2 Å². The van der Waals surface area contributed by atoms with Crippen molar-refractivity contribution in [2.24, 2.45) is 0 Å². The third-order valence-electron chi connectivity index (χ3n) is 2.71. The van der Waals surface area contributed by atoms with Gasteiger partial charge in [0.05, 0.1) is 7.11 Å².